The van der Waals surface area contributed by atoms with E-state index in [-0.39, 0.29) is 12.2 Å². The Balaban J connectivity index is 1.82. The minimum absolute atomic E-state index is 0.199. The van der Waals surface area contributed by atoms with Crippen LogP contribution in [0, 0.1) is 17.3 Å². The number of esters is 2. The molecule has 3 aliphatic heterocycles. The molecule has 0 unspecified atom stereocenters. The first-order chi connectivity index (χ1) is 12.7. The molecule has 2 bridgehead atoms. The number of carbonyl (C=O) groups excluding carboxylic acids is 2. The lowest BCUT2D eigenvalue weighted by molar-refractivity contribution is -0.234. The van der Waals surface area contributed by atoms with E-state index in [9.17, 15) is 14.7 Å². The van der Waals surface area contributed by atoms with Crippen LogP contribution >= 0.6 is 0 Å². The number of allylic oxidation sites excluding steroid dienone is 1. The van der Waals surface area contributed by atoms with Gasteiger partial charge in [-0.2, -0.15) is 0 Å². The van der Waals surface area contributed by atoms with Gasteiger partial charge < -0.3 is 24.1 Å². The zero-order chi connectivity index (χ0) is 19.7. The molecular formula is C20H24O7. The van der Waals surface area contributed by atoms with Gasteiger partial charge in [-0.3, -0.25) is 0 Å². The third-order valence-corrected chi connectivity index (χ3v) is 6.64. The van der Waals surface area contributed by atoms with E-state index in [1.54, 1.807) is 19.9 Å². The van der Waals surface area contributed by atoms with Crippen molar-refractivity contribution in [1.29, 1.82) is 0 Å². The van der Waals surface area contributed by atoms with Crippen LogP contribution in [0.25, 0.3) is 0 Å². The molecular weight excluding hydrogens is 352 g/mol. The summed E-state index contributed by atoms with van der Waals surface area (Å²) in [5.74, 6) is -2.17. The zero-order valence-corrected chi connectivity index (χ0v) is 15.6. The Hall–Kier alpha value is -1.96. The molecule has 0 aromatic rings. The number of aliphatic hydroxyl groups excluding tert-OH is 1. The van der Waals surface area contributed by atoms with Crippen LogP contribution in [0.3, 0.4) is 0 Å². The first-order valence-electron chi connectivity index (χ1n) is 9.09. The predicted octanol–water partition coefficient (Wildman–Crippen LogP) is 1.27. The second-order valence-electron chi connectivity index (χ2n) is 7.92. The van der Waals surface area contributed by atoms with Crippen LogP contribution < -0.4 is 0 Å². The summed E-state index contributed by atoms with van der Waals surface area (Å²) in [5, 5.41) is 11.2. The van der Waals surface area contributed by atoms with Crippen LogP contribution in [0.15, 0.2) is 36.0 Å². The summed E-state index contributed by atoms with van der Waals surface area (Å²) in [6.45, 7) is 13.5. The highest BCUT2D eigenvalue weighted by Gasteiger charge is 2.70. The summed E-state index contributed by atoms with van der Waals surface area (Å²) in [5.41, 5.74) is 0.355. The number of rotatable bonds is 2. The fourth-order valence-corrected chi connectivity index (χ4v) is 4.90. The van der Waals surface area contributed by atoms with E-state index < -0.39 is 59.9 Å². The number of aliphatic hydroxyl groups is 1. The quantitative estimate of drug-likeness (QED) is 0.441. The lowest BCUT2D eigenvalue weighted by atomic mass is 9.54. The zero-order valence-electron chi connectivity index (χ0n) is 15.6. The van der Waals surface area contributed by atoms with Gasteiger partial charge in [0, 0.05) is 22.5 Å². The first kappa shape index (κ1) is 18.4. The summed E-state index contributed by atoms with van der Waals surface area (Å²) in [7, 11) is 0. The maximum atomic E-state index is 12.6. The highest BCUT2D eigenvalue weighted by Crippen LogP contribution is 2.59. The summed E-state index contributed by atoms with van der Waals surface area (Å²) in [6, 6.07) is 0. The smallest absolute Gasteiger partial charge is 0.334 e. The molecule has 4 fully saturated rings. The van der Waals surface area contributed by atoms with E-state index in [0.717, 1.165) is 0 Å². The van der Waals surface area contributed by atoms with Gasteiger partial charge >= 0.3 is 11.9 Å². The number of ether oxygens (including phenoxy) is 4. The molecule has 7 heteroatoms. The lowest BCUT2D eigenvalue weighted by Crippen LogP contribution is -2.67. The molecule has 146 valence electrons. The van der Waals surface area contributed by atoms with Crippen LogP contribution in [0.4, 0.5) is 0 Å². The van der Waals surface area contributed by atoms with Gasteiger partial charge in [-0.05, 0) is 19.4 Å². The van der Waals surface area contributed by atoms with Crippen LogP contribution in [-0.4, -0.2) is 54.4 Å². The summed E-state index contributed by atoms with van der Waals surface area (Å²) in [4.78, 5) is 24.8. The van der Waals surface area contributed by atoms with E-state index >= 15 is 0 Å². The van der Waals surface area contributed by atoms with Crippen molar-refractivity contribution in [3.8, 4) is 0 Å². The predicted molar refractivity (Wildman–Crippen MR) is 93.2 cm³/mol. The molecule has 0 aromatic heterocycles. The largest absolute Gasteiger partial charge is 0.458 e. The molecule has 0 radical (unpaired) electrons. The number of fused-ring (bicyclic) bond motifs is 5. The second-order valence-corrected chi connectivity index (χ2v) is 7.92. The van der Waals surface area contributed by atoms with Crippen LogP contribution in [-0.2, 0) is 28.5 Å². The maximum Gasteiger partial charge on any atom is 0.334 e. The van der Waals surface area contributed by atoms with Crippen molar-refractivity contribution < 1.29 is 33.6 Å². The fraction of sp³-hybridized carbons (Fsp3) is 0.600. The van der Waals surface area contributed by atoms with Crippen molar-refractivity contribution >= 4 is 11.9 Å². The Morgan fingerprint density at radius 2 is 2.11 bits per heavy atom. The van der Waals surface area contributed by atoms with Gasteiger partial charge in [0.15, 0.2) is 6.29 Å². The van der Waals surface area contributed by atoms with Crippen molar-refractivity contribution in [2.24, 2.45) is 17.3 Å². The third kappa shape index (κ3) is 2.31. The van der Waals surface area contributed by atoms with E-state index in [4.69, 9.17) is 18.9 Å². The minimum Gasteiger partial charge on any atom is -0.458 e. The van der Waals surface area contributed by atoms with Crippen molar-refractivity contribution in [3.63, 3.8) is 0 Å². The van der Waals surface area contributed by atoms with E-state index in [1.807, 2.05) is 6.92 Å². The van der Waals surface area contributed by atoms with Crippen LogP contribution in [0.1, 0.15) is 20.8 Å². The Morgan fingerprint density at radius 3 is 2.78 bits per heavy atom. The first-order valence-corrected chi connectivity index (χ1v) is 9.09. The molecule has 1 N–H and O–H groups in total. The minimum atomic E-state index is -1.03. The van der Waals surface area contributed by atoms with Gasteiger partial charge in [0.05, 0.1) is 18.6 Å². The van der Waals surface area contributed by atoms with Crippen molar-refractivity contribution in [1.82, 2.24) is 0 Å². The Kier molecular flexibility index (Phi) is 4.10. The number of carbonyl (C=O) groups is 2. The van der Waals surface area contributed by atoms with E-state index in [2.05, 4.69) is 13.2 Å². The Morgan fingerprint density at radius 1 is 1.41 bits per heavy atom. The average molecular weight is 376 g/mol. The van der Waals surface area contributed by atoms with Crippen molar-refractivity contribution in [2.75, 3.05) is 6.61 Å². The Bertz CT molecular complexity index is 768. The molecule has 0 amide bonds. The van der Waals surface area contributed by atoms with Gasteiger partial charge in [-0.1, -0.05) is 26.2 Å². The molecule has 1 aliphatic carbocycles. The van der Waals surface area contributed by atoms with Crippen molar-refractivity contribution in [2.45, 2.75) is 51.5 Å². The average Bonchev–Trinajstić information content (AvgIpc) is 3.22. The molecule has 8 atom stereocenters. The molecule has 4 aliphatic rings. The highest BCUT2D eigenvalue weighted by molar-refractivity contribution is 5.92. The topological polar surface area (TPSA) is 91.3 Å². The summed E-state index contributed by atoms with van der Waals surface area (Å²) in [6.07, 6.45) is -2.03. The molecule has 3 saturated heterocycles. The van der Waals surface area contributed by atoms with Gasteiger partial charge in [0.25, 0.3) is 0 Å². The third-order valence-electron chi connectivity index (χ3n) is 6.64. The van der Waals surface area contributed by atoms with Gasteiger partial charge in [-0.15, -0.1) is 0 Å². The molecule has 1 saturated carbocycles. The van der Waals surface area contributed by atoms with Crippen molar-refractivity contribution in [3.05, 3.63) is 36.0 Å². The standard InChI is InChI=1S/C20H24O7/c1-6-8(2)17(22)26-14-12-9(3)18(23)27-15(12)16(21)20(5)11-7-24-19(25-11)10(4)13(14)20/h6,11-16,19,21H,3-4,7H2,1-2,5H3/b8-6-/t11-,12-,13-,14-,15-,16-,19-,20+/m0/s1. The molecule has 4 rings (SSSR count). The second kappa shape index (κ2) is 6.02. The number of hydrogen-bond acceptors (Lipinski definition) is 7. The highest BCUT2D eigenvalue weighted by atomic mass is 16.7. The Labute approximate surface area is 157 Å². The van der Waals surface area contributed by atoms with E-state index in [0.29, 0.717) is 11.1 Å². The molecule has 3 heterocycles. The normalized spacial score (nSPS) is 46.0. The lowest BCUT2D eigenvalue weighted by Gasteiger charge is -2.56. The molecule has 27 heavy (non-hydrogen) atoms. The summed E-state index contributed by atoms with van der Waals surface area (Å²) >= 11 is 0. The van der Waals surface area contributed by atoms with Gasteiger partial charge in [0.2, 0.25) is 0 Å². The number of hydrogen-bond donors (Lipinski definition) is 1. The van der Waals surface area contributed by atoms with E-state index in [1.165, 1.54) is 0 Å². The monoisotopic (exact) mass is 376 g/mol. The van der Waals surface area contributed by atoms with Crippen LogP contribution in [0.5, 0.6) is 0 Å². The van der Waals surface area contributed by atoms with Gasteiger partial charge in [-0.25, -0.2) is 9.59 Å². The molecule has 0 aromatic carbocycles. The SMILES string of the molecule is C=C1C(=O)O[C@H]2[C@@H]1[C@H](OC(=O)/C(C)=C\C)[C@@H]1C(=C)[C@H]3OC[C@H](O3)[C@@]1(C)[C@H]2O. The molecule has 0 spiro atoms. The van der Waals surface area contributed by atoms with Crippen LogP contribution in [0.2, 0.25) is 0 Å². The molecule has 7 nitrogen and oxygen atoms in total. The fourth-order valence-electron chi connectivity index (χ4n) is 4.90. The maximum absolute atomic E-state index is 12.6. The summed E-state index contributed by atoms with van der Waals surface area (Å²) < 4.78 is 22.8. The van der Waals surface area contributed by atoms with Gasteiger partial charge in [0.1, 0.15) is 18.3 Å².